The van der Waals surface area contributed by atoms with E-state index in [1.165, 1.54) is 35.9 Å². The summed E-state index contributed by atoms with van der Waals surface area (Å²) in [7, 11) is -4.55. The maximum atomic E-state index is 13.9. The number of carbonyl (C=O) groups is 1. The molecule has 1 aliphatic carbocycles. The van der Waals surface area contributed by atoms with E-state index in [1.54, 1.807) is 24.4 Å². The minimum atomic E-state index is -4.55. The first-order chi connectivity index (χ1) is 30.5. The number of ether oxygens (including phenoxy) is 2. The van der Waals surface area contributed by atoms with E-state index < -0.39 is 31.4 Å². The Balaban J connectivity index is 0.887. The number of amides is 1. The molecule has 3 aromatic carbocycles. The first kappa shape index (κ1) is 42.8. The number of nitrogens with zero attached hydrogens (tertiary/aromatic N) is 5. The number of halogens is 1. The number of nitro groups is 1. The lowest BCUT2D eigenvalue weighted by molar-refractivity contribution is -0.384. The van der Waals surface area contributed by atoms with Crippen molar-refractivity contribution in [3.63, 3.8) is 0 Å². The number of benzene rings is 3. The maximum Gasteiger partial charge on any atom is 0.293 e. The standard InChI is InChI=1S/C46H51ClN8O7S/c47-34-8-6-32(7-9-34)38-4-1-2-5-41(38)54-30-46(31-54)15-20-53(21-16-46)35-10-12-39(43(27-35)62-36-26-33-14-18-49-44(33)50-29-36)45(56)51-63(59,60)37-11-13-40(42(28-37)55(57)58)48-17-3-19-52-22-24-61-25-23-52/h4,6-14,18,26-29,41,48H,1-3,5,15-17,19-25,30-31H2,(H,49,50)(H,51,56). The molecule has 1 atom stereocenters. The molecule has 5 heterocycles. The quantitative estimate of drug-likeness (QED) is 0.0564. The number of sulfonamides is 1. The van der Waals surface area contributed by atoms with E-state index in [-0.39, 0.29) is 22.4 Å². The smallest absolute Gasteiger partial charge is 0.293 e. The van der Waals surface area contributed by atoms with Gasteiger partial charge < -0.3 is 24.7 Å². The monoisotopic (exact) mass is 894 g/mol. The second-order valence-corrected chi connectivity index (χ2v) is 19.1. The van der Waals surface area contributed by atoms with Crippen molar-refractivity contribution in [1.82, 2.24) is 24.5 Å². The van der Waals surface area contributed by atoms with Crippen molar-refractivity contribution in [3.8, 4) is 11.5 Å². The lowest BCUT2D eigenvalue weighted by atomic mass is 9.70. The zero-order valence-corrected chi connectivity index (χ0v) is 36.5. The number of nitrogens with one attached hydrogen (secondary N) is 3. The van der Waals surface area contributed by atoms with Gasteiger partial charge in [0.05, 0.1) is 34.8 Å². The Morgan fingerprint density at radius 1 is 1.02 bits per heavy atom. The third-order valence-corrected chi connectivity index (χ3v) is 14.5. The number of likely N-dealkylation sites (tertiary alicyclic amines) is 1. The van der Waals surface area contributed by atoms with Crippen LogP contribution >= 0.6 is 11.6 Å². The first-order valence-corrected chi connectivity index (χ1v) is 23.5. The van der Waals surface area contributed by atoms with Crippen molar-refractivity contribution in [3.05, 3.63) is 118 Å². The van der Waals surface area contributed by atoms with Crippen LogP contribution in [0.2, 0.25) is 5.02 Å². The molecule has 5 aromatic rings. The summed E-state index contributed by atoms with van der Waals surface area (Å²) in [4.78, 5) is 39.6. The number of pyridine rings is 1. The number of hydrogen-bond acceptors (Lipinski definition) is 12. The molecule has 1 unspecified atom stereocenters. The van der Waals surface area contributed by atoms with Crippen molar-refractivity contribution in [1.29, 1.82) is 0 Å². The van der Waals surface area contributed by atoms with Gasteiger partial charge in [-0.15, -0.1) is 0 Å². The number of nitro benzene ring substituents is 1. The second kappa shape index (κ2) is 18.3. The molecule has 0 bridgehead atoms. The number of allylic oxidation sites excluding steroid dienone is 1. The van der Waals surface area contributed by atoms with E-state index in [0.29, 0.717) is 37.2 Å². The number of aromatic amines is 1. The molecular formula is C46H51ClN8O7S. The fourth-order valence-corrected chi connectivity index (χ4v) is 10.5. The Labute approximate surface area is 371 Å². The van der Waals surface area contributed by atoms with Gasteiger partial charge in [-0.3, -0.25) is 24.7 Å². The summed E-state index contributed by atoms with van der Waals surface area (Å²) in [6.45, 7) is 8.00. The number of anilines is 2. The number of rotatable bonds is 14. The number of piperidine rings is 1. The minimum absolute atomic E-state index is 0.0234. The van der Waals surface area contributed by atoms with Crippen LogP contribution in [-0.2, 0) is 14.8 Å². The average molecular weight is 895 g/mol. The molecule has 3 aliphatic heterocycles. The number of H-pyrrole nitrogens is 1. The third kappa shape index (κ3) is 9.55. The number of carbonyl (C=O) groups excluding carboxylic acids is 1. The van der Waals surface area contributed by atoms with Crippen LogP contribution in [0.4, 0.5) is 17.1 Å². The number of fused-ring (bicyclic) bond motifs is 1. The van der Waals surface area contributed by atoms with E-state index >= 15 is 0 Å². The molecule has 330 valence electrons. The van der Waals surface area contributed by atoms with Crippen LogP contribution in [0.25, 0.3) is 16.6 Å². The van der Waals surface area contributed by atoms with Crippen molar-refractivity contribution < 1.29 is 27.6 Å². The predicted octanol–water partition coefficient (Wildman–Crippen LogP) is 7.71. The largest absolute Gasteiger partial charge is 0.455 e. The molecule has 4 aliphatic rings. The molecule has 9 rings (SSSR count). The van der Waals surface area contributed by atoms with Crippen molar-refractivity contribution in [2.24, 2.45) is 5.41 Å². The summed E-state index contributed by atoms with van der Waals surface area (Å²) < 4.78 is 41.2. The molecule has 1 spiro atoms. The van der Waals surface area contributed by atoms with Crippen LogP contribution in [0, 0.1) is 15.5 Å². The highest BCUT2D eigenvalue weighted by Gasteiger charge is 2.47. The summed E-state index contributed by atoms with van der Waals surface area (Å²) >= 11 is 6.21. The number of aromatic nitrogens is 2. The number of hydrogen-bond donors (Lipinski definition) is 3. The molecule has 63 heavy (non-hydrogen) atoms. The van der Waals surface area contributed by atoms with Crippen LogP contribution in [0.5, 0.6) is 11.5 Å². The second-order valence-electron chi connectivity index (χ2n) is 17.0. The lowest BCUT2D eigenvalue weighted by Crippen LogP contribution is -2.63. The van der Waals surface area contributed by atoms with Gasteiger partial charge >= 0.3 is 0 Å². The normalized spacial score (nSPS) is 19.3. The summed E-state index contributed by atoms with van der Waals surface area (Å²) in [6.07, 6.45) is 11.9. The van der Waals surface area contributed by atoms with Crippen molar-refractivity contribution in [2.45, 2.75) is 49.5 Å². The van der Waals surface area contributed by atoms with E-state index in [2.05, 4.69) is 52.9 Å². The van der Waals surface area contributed by atoms with E-state index in [9.17, 15) is 23.3 Å². The first-order valence-electron chi connectivity index (χ1n) is 21.6. The topological polar surface area (TPSA) is 175 Å². The highest BCUT2D eigenvalue weighted by molar-refractivity contribution is 7.90. The third-order valence-electron chi connectivity index (χ3n) is 12.9. The molecular weight excluding hydrogens is 844 g/mol. The Morgan fingerprint density at radius 3 is 2.59 bits per heavy atom. The van der Waals surface area contributed by atoms with E-state index in [0.717, 1.165) is 100 Å². The molecule has 3 fully saturated rings. The predicted molar refractivity (Wildman–Crippen MR) is 243 cm³/mol. The minimum Gasteiger partial charge on any atom is -0.455 e. The SMILES string of the molecule is O=C(NS(=O)(=O)c1ccc(NCCCN2CCOCC2)c([N+](=O)[O-])c1)c1ccc(N2CCC3(CC2)CN(C2CCCC=C2c2ccc(Cl)cc2)C3)cc1Oc1cnc2[nH]ccc2c1. The Morgan fingerprint density at radius 2 is 1.81 bits per heavy atom. The van der Waals surface area contributed by atoms with Crippen LogP contribution in [0.15, 0.2) is 96.2 Å². The summed E-state index contributed by atoms with van der Waals surface area (Å²) in [6, 6.07) is 20.9. The van der Waals surface area contributed by atoms with Gasteiger partial charge in [0.25, 0.3) is 21.6 Å². The molecule has 1 amide bonds. The molecule has 17 heteroatoms. The summed E-state index contributed by atoms with van der Waals surface area (Å²) in [5, 5.41) is 16.7. The molecule has 0 saturated carbocycles. The zero-order valence-electron chi connectivity index (χ0n) is 34.9. The van der Waals surface area contributed by atoms with E-state index in [4.69, 9.17) is 21.1 Å². The van der Waals surface area contributed by atoms with Gasteiger partial charge in [-0.1, -0.05) is 29.8 Å². The molecule has 3 saturated heterocycles. The van der Waals surface area contributed by atoms with Crippen LogP contribution in [-0.4, -0.2) is 111 Å². The van der Waals surface area contributed by atoms with Crippen molar-refractivity contribution in [2.75, 3.05) is 75.8 Å². The average Bonchev–Trinajstić information content (AvgIpc) is 3.76. The van der Waals surface area contributed by atoms with Crippen LogP contribution < -0.4 is 19.7 Å². The Hall–Kier alpha value is -5.52. The van der Waals surface area contributed by atoms with Gasteiger partial charge in [-0.2, -0.15) is 0 Å². The van der Waals surface area contributed by atoms with E-state index in [1.807, 2.05) is 24.3 Å². The Bertz CT molecular complexity index is 2620. The van der Waals surface area contributed by atoms with Gasteiger partial charge in [0.2, 0.25) is 0 Å². The summed E-state index contributed by atoms with van der Waals surface area (Å²) in [5.74, 6) is -0.433. The van der Waals surface area contributed by atoms with Gasteiger partial charge in [0.1, 0.15) is 22.8 Å². The fraction of sp³-hybridized carbons (Fsp3) is 0.391. The van der Waals surface area contributed by atoms with Crippen LogP contribution in [0.3, 0.4) is 0 Å². The lowest BCUT2D eigenvalue weighted by Gasteiger charge is -2.57. The zero-order chi connectivity index (χ0) is 43.6. The highest BCUT2D eigenvalue weighted by Crippen LogP contribution is 2.46. The van der Waals surface area contributed by atoms with Gasteiger partial charge in [-0.05, 0) is 110 Å². The summed E-state index contributed by atoms with van der Waals surface area (Å²) in [5.41, 5.74) is 4.14. The number of morpholine rings is 1. The molecule has 2 aromatic heterocycles. The molecule has 3 N–H and O–H groups in total. The van der Waals surface area contributed by atoms with Gasteiger partial charge in [-0.25, -0.2) is 18.1 Å². The fourth-order valence-electron chi connectivity index (χ4n) is 9.43. The molecule has 15 nitrogen and oxygen atoms in total. The Kier molecular flexibility index (Phi) is 12.4. The van der Waals surface area contributed by atoms with Gasteiger partial charge in [0.15, 0.2) is 0 Å². The van der Waals surface area contributed by atoms with Crippen LogP contribution in [0.1, 0.15) is 54.4 Å². The van der Waals surface area contributed by atoms with Crippen molar-refractivity contribution >= 4 is 61.2 Å². The maximum absolute atomic E-state index is 13.9. The highest BCUT2D eigenvalue weighted by atomic mass is 35.5. The van der Waals surface area contributed by atoms with Gasteiger partial charge in [0, 0.05) is 86.3 Å². The molecule has 0 radical (unpaired) electrons.